The Morgan fingerprint density at radius 1 is 0.792 bits per heavy atom. The van der Waals surface area contributed by atoms with E-state index < -0.39 is 0 Å². The molecule has 8 heteroatoms. The van der Waals surface area contributed by atoms with Gasteiger partial charge in [0, 0.05) is 0 Å². The van der Waals surface area contributed by atoms with Crippen LogP contribution in [0.4, 0.5) is 0 Å². The van der Waals surface area contributed by atoms with Crippen LogP contribution in [-0.4, -0.2) is 32.5 Å². The van der Waals surface area contributed by atoms with Crippen LogP contribution in [0, 0.1) is 22.7 Å². The number of H-pyrrole nitrogens is 2. The molecule has 24 heavy (non-hydrogen) atoms. The summed E-state index contributed by atoms with van der Waals surface area (Å²) in [6.45, 7) is 0. The van der Waals surface area contributed by atoms with Gasteiger partial charge in [0.2, 0.25) is 0 Å². The Hall–Kier alpha value is -4.04. The van der Waals surface area contributed by atoms with Crippen LogP contribution in [0.3, 0.4) is 0 Å². The third-order valence-electron chi connectivity index (χ3n) is 3.29. The molecule has 0 aliphatic heterocycles. The van der Waals surface area contributed by atoms with Crippen LogP contribution in [0.25, 0.3) is 22.8 Å². The molecular formula is C16H8N6O2. The first-order valence-corrected chi connectivity index (χ1v) is 6.71. The lowest BCUT2D eigenvalue weighted by molar-refractivity contribution is 0.111. The molecule has 0 saturated heterocycles. The first-order valence-electron chi connectivity index (χ1n) is 6.71. The fourth-order valence-corrected chi connectivity index (χ4v) is 2.20. The highest BCUT2D eigenvalue weighted by Crippen LogP contribution is 2.28. The monoisotopic (exact) mass is 316 g/mol. The maximum atomic E-state index is 10.9. The van der Waals surface area contributed by atoms with Crippen LogP contribution >= 0.6 is 0 Å². The summed E-state index contributed by atoms with van der Waals surface area (Å²) < 4.78 is 0. The third-order valence-corrected chi connectivity index (χ3v) is 3.29. The van der Waals surface area contributed by atoms with Crippen molar-refractivity contribution in [2.75, 3.05) is 0 Å². The number of nitrogens with zero attached hydrogens (tertiary/aromatic N) is 4. The summed E-state index contributed by atoms with van der Waals surface area (Å²) in [5.41, 5.74) is 1.92. The molecule has 0 aromatic carbocycles. The van der Waals surface area contributed by atoms with E-state index in [1.54, 1.807) is 24.3 Å². The molecule has 0 bridgehead atoms. The quantitative estimate of drug-likeness (QED) is 0.704. The molecule has 0 aliphatic rings. The van der Waals surface area contributed by atoms with Gasteiger partial charge in [0.15, 0.2) is 24.0 Å². The van der Waals surface area contributed by atoms with E-state index in [0.717, 1.165) is 0 Å². The van der Waals surface area contributed by atoms with Crippen molar-refractivity contribution in [2.24, 2.45) is 0 Å². The van der Waals surface area contributed by atoms with Crippen molar-refractivity contribution in [3.05, 3.63) is 47.0 Å². The summed E-state index contributed by atoms with van der Waals surface area (Å²) in [6.07, 6.45) is 1.29. The molecular weight excluding hydrogens is 308 g/mol. The normalized spacial score (nSPS) is 9.92. The predicted molar refractivity (Wildman–Crippen MR) is 81.8 cm³/mol. The Balaban J connectivity index is 2.28. The molecule has 0 radical (unpaired) electrons. The first-order chi connectivity index (χ1) is 11.7. The molecule has 8 nitrogen and oxygen atoms in total. The molecule has 0 unspecified atom stereocenters. The lowest BCUT2D eigenvalue weighted by atomic mass is 10.1. The minimum Gasteiger partial charge on any atom is -0.351 e. The van der Waals surface area contributed by atoms with Gasteiger partial charge in [-0.3, -0.25) is 9.59 Å². The molecule has 114 valence electrons. The molecule has 3 heterocycles. The summed E-state index contributed by atoms with van der Waals surface area (Å²) in [6, 6.07) is 10.0. The summed E-state index contributed by atoms with van der Waals surface area (Å²) in [7, 11) is 0. The summed E-state index contributed by atoms with van der Waals surface area (Å²) in [5, 5.41) is 18.3. The molecule has 0 saturated carbocycles. The molecule has 0 amide bonds. The summed E-state index contributed by atoms with van der Waals surface area (Å²) in [5.74, 6) is 0. The molecule has 3 aromatic heterocycles. The van der Waals surface area contributed by atoms with E-state index >= 15 is 0 Å². The first kappa shape index (κ1) is 14.9. The Bertz CT molecular complexity index is 949. The zero-order chi connectivity index (χ0) is 17.1. The second kappa shape index (κ2) is 5.99. The molecule has 2 N–H and O–H groups in total. The van der Waals surface area contributed by atoms with Gasteiger partial charge in [-0.15, -0.1) is 0 Å². The van der Waals surface area contributed by atoms with Crippen molar-refractivity contribution in [3.8, 4) is 34.9 Å². The lowest BCUT2D eigenvalue weighted by Gasteiger charge is -2.07. The SMILES string of the molecule is N#Cc1nc(-c2ccc(C=O)[nH]2)c(-c2ccc(C=O)[nH]2)nc1C#N. The average molecular weight is 316 g/mol. The number of hydrogen-bond donors (Lipinski definition) is 2. The van der Waals surface area contributed by atoms with Crippen LogP contribution < -0.4 is 0 Å². The van der Waals surface area contributed by atoms with Gasteiger partial charge in [0.05, 0.1) is 22.8 Å². The largest absolute Gasteiger partial charge is 0.351 e. The second-order valence-electron chi connectivity index (χ2n) is 4.73. The number of nitriles is 2. The highest BCUT2D eigenvalue weighted by molar-refractivity contribution is 5.81. The van der Waals surface area contributed by atoms with Crippen molar-refractivity contribution in [1.29, 1.82) is 10.5 Å². The molecule has 0 atom stereocenters. The lowest BCUT2D eigenvalue weighted by Crippen LogP contribution is -2.01. The molecule has 0 spiro atoms. The van der Waals surface area contributed by atoms with E-state index in [9.17, 15) is 9.59 Å². The number of aromatic amines is 2. The van der Waals surface area contributed by atoms with Crippen LogP contribution in [-0.2, 0) is 0 Å². The van der Waals surface area contributed by atoms with E-state index in [2.05, 4.69) is 19.9 Å². The topological polar surface area (TPSA) is 139 Å². The van der Waals surface area contributed by atoms with Crippen molar-refractivity contribution in [2.45, 2.75) is 0 Å². The third kappa shape index (κ3) is 2.45. The van der Waals surface area contributed by atoms with Crippen LogP contribution in [0.2, 0.25) is 0 Å². The van der Waals surface area contributed by atoms with E-state index in [0.29, 0.717) is 35.3 Å². The number of aromatic nitrogens is 4. The standard InChI is InChI=1S/C16H8N6O2/c17-5-13-14(6-18)22-16(12-4-2-10(8-24)20-12)15(21-13)11-3-1-9(7-23)19-11/h1-4,7-8,19-20H. The van der Waals surface area contributed by atoms with Gasteiger partial charge in [0.1, 0.15) is 23.5 Å². The fraction of sp³-hybridized carbons (Fsp3) is 0. The van der Waals surface area contributed by atoms with E-state index in [1.807, 2.05) is 12.1 Å². The summed E-state index contributed by atoms with van der Waals surface area (Å²) >= 11 is 0. The number of rotatable bonds is 4. The van der Waals surface area contributed by atoms with Gasteiger partial charge in [-0.05, 0) is 24.3 Å². The Morgan fingerprint density at radius 3 is 1.50 bits per heavy atom. The number of carbonyl (C=O) groups is 2. The zero-order valence-electron chi connectivity index (χ0n) is 12.1. The predicted octanol–water partition coefficient (Wildman–Crippen LogP) is 1.84. The van der Waals surface area contributed by atoms with Gasteiger partial charge in [-0.1, -0.05) is 0 Å². The highest BCUT2D eigenvalue weighted by Gasteiger charge is 2.19. The second-order valence-corrected chi connectivity index (χ2v) is 4.73. The number of aldehydes is 2. The van der Waals surface area contributed by atoms with Crippen LogP contribution in [0.5, 0.6) is 0 Å². The van der Waals surface area contributed by atoms with Gasteiger partial charge < -0.3 is 9.97 Å². The summed E-state index contributed by atoms with van der Waals surface area (Å²) in [4.78, 5) is 35.8. The van der Waals surface area contributed by atoms with Gasteiger partial charge in [-0.2, -0.15) is 10.5 Å². The molecule has 0 aliphatic carbocycles. The van der Waals surface area contributed by atoms with Crippen LogP contribution in [0.15, 0.2) is 24.3 Å². The highest BCUT2D eigenvalue weighted by atomic mass is 16.1. The Labute approximate surface area is 135 Å². The van der Waals surface area contributed by atoms with Crippen LogP contribution in [0.1, 0.15) is 32.4 Å². The number of nitrogens with one attached hydrogen (secondary N) is 2. The van der Waals surface area contributed by atoms with Gasteiger partial charge >= 0.3 is 0 Å². The van der Waals surface area contributed by atoms with Crippen molar-refractivity contribution < 1.29 is 9.59 Å². The van der Waals surface area contributed by atoms with E-state index in [1.165, 1.54) is 0 Å². The number of hydrogen-bond acceptors (Lipinski definition) is 6. The van der Waals surface area contributed by atoms with E-state index in [-0.39, 0.29) is 22.8 Å². The maximum absolute atomic E-state index is 10.9. The molecule has 3 rings (SSSR count). The molecule has 0 fully saturated rings. The average Bonchev–Trinajstić information content (AvgIpc) is 3.29. The number of carbonyl (C=O) groups excluding carboxylic acids is 2. The van der Waals surface area contributed by atoms with Gasteiger partial charge in [-0.25, -0.2) is 9.97 Å². The van der Waals surface area contributed by atoms with Crippen molar-refractivity contribution in [1.82, 2.24) is 19.9 Å². The zero-order valence-corrected chi connectivity index (χ0v) is 12.1. The maximum Gasteiger partial charge on any atom is 0.177 e. The van der Waals surface area contributed by atoms with Crippen molar-refractivity contribution >= 4 is 12.6 Å². The van der Waals surface area contributed by atoms with E-state index in [4.69, 9.17) is 10.5 Å². The Morgan fingerprint density at radius 2 is 1.21 bits per heavy atom. The minimum atomic E-state index is -0.124. The Kier molecular flexibility index (Phi) is 3.71. The minimum absolute atomic E-state index is 0.124. The van der Waals surface area contributed by atoms with Crippen molar-refractivity contribution in [3.63, 3.8) is 0 Å². The molecule has 3 aromatic rings. The van der Waals surface area contributed by atoms with Gasteiger partial charge in [0.25, 0.3) is 0 Å². The smallest absolute Gasteiger partial charge is 0.177 e. The fourth-order valence-electron chi connectivity index (χ4n) is 2.20.